The van der Waals surface area contributed by atoms with Crippen molar-refractivity contribution in [2.24, 2.45) is 0 Å². The highest BCUT2D eigenvalue weighted by atomic mass is 35.5. The molecule has 4 rings (SSSR count). The Hall–Kier alpha value is -1.44. The molecule has 0 amide bonds. The SMILES string of the molecule is Clc1ccc(-c2csc(Sc3nnnn3C3CCCCC3)n2)cc1. The van der Waals surface area contributed by atoms with Gasteiger partial charge in [-0.3, -0.25) is 0 Å². The van der Waals surface area contributed by atoms with Gasteiger partial charge < -0.3 is 0 Å². The molecule has 1 aliphatic carbocycles. The van der Waals surface area contributed by atoms with Gasteiger partial charge in [-0.2, -0.15) is 0 Å². The third-order valence-corrected chi connectivity index (χ3v) is 6.33. The van der Waals surface area contributed by atoms with Crippen molar-refractivity contribution in [3.63, 3.8) is 0 Å². The topological polar surface area (TPSA) is 56.5 Å². The van der Waals surface area contributed by atoms with Crippen LogP contribution in [0.4, 0.5) is 0 Å². The predicted octanol–water partition coefficient (Wildman–Crippen LogP) is 5.11. The monoisotopic (exact) mass is 377 g/mol. The molecule has 0 N–H and O–H groups in total. The predicted molar refractivity (Wildman–Crippen MR) is 96.6 cm³/mol. The second-order valence-electron chi connectivity index (χ2n) is 5.81. The van der Waals surface area contributed by atoms with Crippen molar-refractivity contribution in [1.29, 1.82) is 0 Å². The number of halogens is 1. The van der Waals surface area contributed by atoms with Gasteiger partial charge in [0.1, 0.15) is 0 Å². The maximum atomic E-state index is 5.94. The number of rotatable bonds is 4. The Kier molecular flexibility index (Phi) is 4.82. The lowest BCUT2D eigenvalue weighted by Gasteiger charge is -2.21. The van der Waals surface area contributed by atoms with Gasteiger partial charge in [-0.05, 0) is 47.2 Å². The zero-order valence-corrected chi connectivity index (χ0v) is 15.3. The Bertz CT molecular complexity index is 808. The third kappa shape index (κ3) is 3.48. The fraction of sp³-hybridized carbons (Fsp3) is 0.375. The van der Waals surface area contributed by atoms with Crippen LogP contribution in [0.2, 0.25) is 5.02 Å². The summed E-state index contributed by atoms with van der Waals surface area (Å²) in [6, 6.07) is 8.15. The molecule has 5 nitrogen and oxygen atoms in total. The highest BCUT2D eigenvalue weighted by Gasteiger charge is 2.21. The van der Waals surface area contributed by atoms with Crippen LogP contribution in [-0.4, -0.2) is 25.2 Å². The molecule has 1 aromatic carbocycles. The fourth-order valence-electron chi connectivity index (χ4n) is 2.94. The van der Waals surface area contributed by atoms with Crippen molar-refractivity contribution < 1.29 is 0 Å². The minimum absolute atomic E-state index is 0.423. The number of benzene rings is 1. The van der Waals surface area contributed by atoms with Crippen molar-refractivity contribution in [1.82, 2.24) is 25.2 Å². The molecule has 0 saturated heterocycles. The standard InChI is InChI=1S/C16H16ClN5S2/c17-12-8-6-11(7-9-12)14-10-23-16(18-14)24-15-19-20-21-22(15)13-4-2-1-3-5-13/h6-10,13H,1-5H2. The lowest BCUT2D eigenvalue weighted by atomic mass is 9.96. The molecule has 1 saturated carbocycles. The average Bonchev–Trinajstić information content (AvgIpc) is 3.26. The van der Waals surface area contributed by atoms with E-state index in [4.69, 9.17) is 16.6 Å². The number of thiazole rings is 1. The minimum Gasteiger partial charge on any atom is -0.229 e. The molecule has 24 heavy (non-hydrogen) atoms. The van der Waals surface area contributed by atoms with Crippen LogP contribution in [0.1, 0.15) is 38.1 Å². The van der Waals surface area contributed by atoms with E-state index in [1.54, 1.807) is 23.1 Å². The Morgan fingerprint density at radius 3 is 2.71 bits per heavy atom. The lowest BCUT2D eigenvalue weighted by Crippen LogP contribution is -2.15. The van der Waals surface area contributed by atoms with Crippen LogP contribution in [0.3, 0.4) is 0 Å². The number of tetrazole rings is 1. The summed E-state index contributed by atoms with van der Waals surface area (Å²) >= 11 is 9.10. The highest BCUT2D eigenvalue weighted by molar-refractivity contribution is 8.00. The molecule has 2 aromatic heterocycles. The van der Waals surface area contributed by atoms with Crippen LogP contribution < -0.4 is 0 Å². The average molecular weight is 378 g/mol. The minimum atomic E-state index is 0.423. The third-order valence-electron chi connectivity index (χ3n) is 4.18. The van der Waals surface area contributed by atoms with Crippen LogP contribution in [0.15, 0.2) is 39.1 Å². The van der Waals surface area contributed by atoms with Gasteiger partial charge in [0, 0.05) is 16.0 Å². The van der Waals surface area contributed by atoms with Crippen LogP contribution in [0.25, 0.3) is 11.3 Å². The van der Waals surface area contributed by atoms with Gasteiger partial charge in [0.15, 0.2) is 4.34 Å². The van der Waals surface area contributed by atoms with E-state index in [-0.39, 0.29) is 0 Å². The molecule has 0 spiro atoms. The largest absolute Gasteiger partial charge is 0.229 e. The Balaban J connectivity index is 1.52. The van der Waals surface area contributed by atoms with Crippen molar-refractivity contribution in [3.8, 4) is 11.3 Å². The Morgan fingerprint density at radius 2 is 1.92 bits per heavy atom. The van der Waals surface area contributed by atoms with Crippen LogP contribution in [0.5, 0.6) is 0 Å². The van der Waals surface area contributed by atoms with E-state index in [1.807, 2.05) is 28.9 Å². The Morgan fingerprint density at radius 1 is 1.12 bits per heavy atom. The summed E-state index contributed by atoms with van der Waals surface area (Å²) in [5.74, 6) is 0. The van der Waals surface area contributed by atoms with Gasteiger partial charge in [-0.1, -0.05) is 43.0 Å². The van der Waals surface area contributed by atoms with E-state index >= 15 is 0 Å². The van der Waals surface area contributed by atoms with E-state index < -0.39 is 0 Å². The van der Waals surface area contributed by atoms with Gasteiger partial charge in [0.25, 0.3) is 0 Å². The van der Waals surface area contributed by atoms with Crippen LogP contribution >= 0.6 is 34.7 Å². The summed E-state index contributed by atoms with van der Waals surface area (Å²) in [6.45, 7) is 0. The van der Waals surface area contributed by atoms with Gasteiger partial charge in [0.2, 0.25) is 5.16 Å². The molecule has 0 atom stereocenters. The molecule has 3 aromatic rings. The number of nitrogens with zero attached hydrogens (tertiary/aromatic N) is 5. The second-order valence-corrected chi connectivity index (χ2v) is 8.31. The molecule has 0 aliphatic heterocycles. The molecule has 1 fully saturated rings. The van der Waals surface area contributed by atoms with Gasteiger partial charge in [0.05, 0.1) is 11.7 Å². The zero-order valence-electron chi connectivity index (χ0n) is 12.9. The maximum Gasteiger partial charge on any atom is 0.216 e. The van der Waals surface area contributed by atoms with E-state index in [0.29, 0.717) is 6.04 Å². The molecule has 0 unspecified atom stereocenters. The van der Waals surface area contributed by atoms with E-state index in [9.17, 15) is 0 Å². The molecule has 0 radical (unpaired) electrons. The first-order valence-electron chi connectivity index (χ1n) is 7.97. The van der Waals surface area contributed by atoms with Crippen molar-refractivity contribution >= 4 is 34.7 Å². The lowest BCUT2D eigenvalue weighted by molar-refractivity contribution is 0.307. The normalized spacial score (nSPS) is 15.7. The van der Waals surface area contributed by atoms with E-state index in [2.05, 4.69) is 20.9 Å². The molecule has 8 heteroatoms. The van der Waals surface area contributed by atoms with Gasteiger partial charge in [-0.15, -0.1) is 16.4 Å². The van der Waals surface area contributed by atoms with E-state index in [1.165, 1.54) is 19.3 Å². The molecular formula is C16H16ClN5S2. The van der Waals surface area contributed by atoms with Crippen LogP contribution in [0, 0.1) is 0 Å². The van der Waals surface area contributed by atoms with Crippen LogP contribution in [-0.2, 0) is 0 Å². The fourth-order valence-corrected chi connectivity index (χ4v) is 4.84. The first-order chi connectivity index (χ1) is 11.8. The summed E-state index contributed by atoms with van der Waals surface area (Å²) in [5.41, 5.74) is 2.02. The summed E-state index contributed by atoms with van der Waals surface area (Å²) in [5, 5.41) is 15.9. The highest BCUT2D eigenvalue weighted by Crippen LogP contribution is 2.35. The molecule has 124 valence electrons. The number of aromatic nitrogens is 5. The Labute approximate surface area is 153 Å². The zero-order chi connectivity index (χ0) is 16.4. The maximum absolute atomic E-state index is 5.94. The molecule has 1 aliphatic rings. The van der Waals surface area contributed by atoms with Crippen molar-refractivity contribution in [2.75, 3.05) is 0 Å². The number of hydrogen-bond acceptors (Lipinski definition) is 6. The van der Waals surface area contributed by atoms with Gasteiger partial charge >= 0.3 is 0 Å². The summed E-state index contributed by atoms with van der Waals surface area (Å²) in [6.07, 6.45) is 6.15. The molecular weight excluding hydrogens is 362 g/mol. The second kappa shape index (κ2) is 7.21. The number of hydrogen-bond donors (Lipinski definition) is 0. The quantitative estimate of drug-likeness (QED) is 0.632. The molecule has 0 bridgehead atoms. The smallest absolute Gasteiger partial charge is 0.216 e. The van der Waals surface area contributed by atoms with Crippen molar-refractivity contribution in [3.05, 3.63) is 34.7 Å². The first kappa shape index (κ1) is 16.1. The summed E-state index contributed by atoms with van der Waals surface area (Å²) in [7, 11) is 0. The van der Waals surface area contributed by atoms with E-state index in [0.717, 1.165) is 38.6 Å². The van der Waals surface area contributed by atoms with Crippen molar-refractivity contribution in [2.45, 2.75) is 47.6 Å². The van der Waals surface area contributed by atoms with Gasteiger partial charge in [-0.25, -0.2) is 9.67 Å². The summed E-state index contributed by atoms with van der Waals surface area (Å²) in [4.78, 5) is 4.70. The summed E-state index contributed by atoms with van der Waals surface area (Å²) < 4.78 is 2.93. The molecule has 2 heterocycles. The first-order valence-corrected chi connectivity index (χ1v) is 10.0.